The Morgan fingerprint density at radius 1 is 1.14 bits per heavy atom. The molecule has 0 spiro atoms. The minimum Gasteiger partial charge on any atom is -0.382 e. The van der Waals surface area contributed by atoms with Crippen molar-refractivity contribution in [3.05, 3.63) is 33.4 Å². The number of hydrogen-bond acceptors (Lipinski definition) is 7. The van der Waals surface area contributed by atoms with Crippen LogP contribution in [0, 0.1) is 11.3 Å². The zero-order valence-electron chi connectivity index (χ0n) is 14.4. The Balaban J connectivity index is 2.89. The first kappa shape index (κ1) is 23.1. The lowest BCUT2D eigenvalue weighted by Gasteiger charge is -2.19. The van der Waals surface area contributed by atoms with Gasteiger partial charge in [0.2, 0.25) is 20.0 Å². The maximum atomic E-state index is 12.9. The van der Waals surface area contributed by atoms with Gasteiger partial charge in [0.25, 0.3) is 0 Å². The summed E-state index contributed by atoms with van der Waals surface area (Å²) >= 11 is 11.8. The molecule has 1 aromatic carbocycles. The number of sulfonamides is 2. The van der Waals surface area contributed by atoms with Crippen LogP contribution in [0.15, 0.2) is 12.1 Å². The van der Waals surface area contributed by atoms with Crippen molar-refractivity contribution in [2.75, 3.05) is 22.0 Å². The number of nitrogen functional groups attached to an aromatic ring is 1. The minimum absolute atomic E-state index is 0.122. The van der Waals surface area contributed by atoms with Crippen molar-refractivity contribution in [3.8, 4) is 11.8 Å². The first-order valence-electron chi connectivity index (χ1n) is 7.05. The minimum atomic E-state index is -4.77. The quantitative estimate of drug-likeness (QED) is 0.691. The molecule has 0 aliphatic heterocycles. The second kappa shape index (κ2) is 7.24. The number of nitriles is 1. The van der Waals surface area contributed by atoms with Crippen LogP contribution in [-0.4, -0.2) is 39.1 Å². The second-order valence-electron chi connectivity index (χ2n) is 5.62. The molecule has 1 heterocycles. The lowest BCUT2D eigenvalue weighted by Crippen LogP contribution is -2.36. The van der Waals surface area contributed by atoms with Crippen molar-refractivity contribution in [2.24, 2.45) is 0 Å². The van der Waals surface area contributed by atoms with Gasteiger partial charge in [-0.2, -0.15) is 27.2 Å². The Hall–Kier alpha value is -2.21. The zero-order valence-corrected chi connectivity index (χ0v) is 17.5. The topological polar surface area (TPSA) is 139 Å². The lowest BCUT2D eigenvalue weighted by molar-refractivity contribution is -0.137. The lowest BCUT2D eigenvalue weighted by atomic mass is 10.2. The average Bonchev–Trinajstić information content (AvgIpc) is 2.80. The van der Waals surface area contributed by atoms with Crippen LogP contribution < -0.4 is 9.44 Å². The molecule has 16 heteroatoms. The molecule has 0 bridgehead atoms. The van der Waals surface area contributed by atoms with Gasteiger partial charge in [-0.25, -0.2) is 21.5 Å². The first-order chi connectivity index (χ1) is 13.0. The SMILES string of the molecule is CS(=O)(=O)N(c1c(C#N)nn(-c2c(Cl)cc(C(F)(F)F)cc2Cl)c1N)S(C)(=O)=O. The average molecular weight is 492 g/mol. The van der Waals surface area contributed by atoms with E-state index >= 15 is 0 Å². The Kier molecular flexibility index (Phi) is 5.76. The third-order valence-electron chi connectivity index (χ3n) is 3.34. The van der Waals surface area contributed by atoms with Gasteiger partial charge in [-0.05, 0) is 12.1 Å². The Bertz CT molecular complexity index is 1200. The molecule has 0 saturated heterocycles. The highest BCUT2D eigenvalue weighted by atomic mass is 35.5. The van der Waals surface area contributed by atoms with Crippen LogP contribution in [0.25, 0.3) is 5.69 Å². The number of hydrogen-bond donors (Lipinski definition) is 1. The van der Waals surface area contributed by atoms with Crippen molar-refractivity contribution >= 4 is 54.8 Å². The second-order valence-corrected chi connectivity index (χ2v) is 10.3. The van der Waals surface area contributed by atoms with Crippen molar-refractivity contribution in [1.29, 1.82) is 5.26 Å². The van der Waals surface area contributed by atoms with Gasteiger partial charge >= 0.3 is 6.18 Å². The summed E-state index contributed by atoms with van der Waals surface area (Å²) < 4.78 is 87.2. The molecular formula is C13H10Cl2F3N5O4S2. The normalized spacial score (nSPS) is 12.6. The first-order valence-corrected chi connectivity index (χ1v) is 11.5. The van der Waals surface area contributed by atoms with Crippen LogP contribution in [0.5, 0.6) is 0 Å². The number of nitrogens with two attached hydrogens (primary N) is 1. The van der Waals surface area contributed by atoms with E-state index in [0.717, 1.165) is 0 Å². The molecule has 0 radical (unpaired) electrons. The number of nitrogens with zero attached hydrogens (tertiary/aromatic N) is 4. The molecule has 0 saturated carbocycles. The van der Waals surface area contributed by atoms with Crippen LogP contribution in [-0.2, 0) is 26.2 Å². The molecular weight excluding hydrogens is 482 g/mol. The molecule has 158 valence electrons. The van der Waals surface area contributed by atoms with Crippen LogP contribution in [0.2, 0.25) is 10.0 Å². The van der Waals surface area contributed by atoms with Crippen molar-refractivity contribution in [1.82, 2.24) is 9.78 Å². The highest BCUT2D eigenvalue weighted by molar-refractivity contribution is 8.09. The molecule has 0 amide bonds. The summed E-state index contributed by atoms with van der Waals surface area (Å²) in [5.74, 6) is -0.707. The van der Waals surface area contributed by atoms with Gasteiger partial charge in [-0.15, -0.1) is 0 Å². The fourth-order valence-corrected chi connectivity index (χ4v) is 6.00. The summed E-state index contributed by atoms with van der Waals surface area (Å²) in [6.45, 7) is 0. The third kappa shape index (κ3) is 4.37. The fraction of sp³-hybridized carbons (Fsp3) is 0.231. The summed E-state index contributed by atoms with van der Waals surface area (Å²) in [4.78, 5) is 0. The summed E-state index contributed by atoms with van der Waals surface area (Å²) in [6.07, 6.45) is -3.68. The van der Waals surface area contributed by atoms with E-state index in [1.807, 2.05) is 0 Å². The van der Waals surface area contributed by atoms with E-state index in [-0.39, 0.29) is 3.71 Å². The molecule has 2 N–H and O–H groups in total. The highest BCUT2D eigenvalue weighted by Gasteiger charge is 2.36. The summed E-state index contributed by atoms with van der Waals surface area (Å²) in [6, 6.07) is 2.51. The van der Waals surface area contributed by atoms with E-state index in [1.165, 1.54) is 6.07 Å². The molecule has 2 aromatic rings. The number of benzene rings is 1. The molecule has 0 atom stereocenters. The standard InChI is InChI=1S/C13H10Cl2F3N5O4S2/c1-28(24,25)23(29(2,26)27)11-9(5-19)21-22(12(11)20)10-7(14)3-6(4-8(10)15)13(16,17)18/h3-4H,20H2,1-2H3. The molecule has 0 aliphatic rings. The van der Waals surface area contributed by atoms with Gasteiger partial charge in [0.05, 0.1) is 28.1 Å². The van der Waals surface area contributed by atoms with Gasteiger partial charge in [0.15, 0.2) is 11.5 Å². The Morgan fingerprint density at radius 3 is 1.93 bits per heavy atom. The largest absolute Gasteiger partial charge is 0.416 e. The van der Waals surface area contributed by atoms with Crippen LogP contribution in [0.1, 0.15) is 11.3 Å². The monoisotopic (exact) mass is 491 g/mol. The van der Waals surface area contributed by atoms with Gasteiger partial charge in [0, 0.05) is 0 Å². The van der Waals surface area contributed by atoms with E-state index in [0.29, 0.717) is 29.3 Å². The van der Waals surface area contributed by atoms with Gasteiger partial charge in [-0.3, -0.25) is 0 Å². The van der Waals surface area contributed by atoms with Crippen LogP contribution >= 0.6 is 23.2 Å². The van der Waals surface area contributed by atoms with Crippen LogP contribution in [0.4, 0.5) is 24.7 Å². The van der Waals surface area contributed by atoms with Gasteiger partial charge in [-0.1, -0.05) is 23.2 Å². The summed E-state index contributed by atoms with van der Waals surface area (Å²) in [5, 5.41) is 11.8. The third-order valence-corrected chi connectivity index (χ3v) is 7.11. The smallest absolute Gasteiger partial charge is 0.382 e. The van der Waals surface area contributed by atoms with E-state index in [9.17, 15) is 35.3 Å². The van der Waals surface area contributed by atoms with E-state index < -0.39 is 64.7 Å². The van der Waals surface area contributed by atoms with Gasteiger partial charge < -0.3 is 5.73 Å². The number of aromatic nitrogens is 2. The Labute approximate surface area is 173 Å². The summed E-state index contributed by atoms with van der Waals surface area (Å²) in [5.41, 5.74) is 2.65. The number of anilines is 2. The molecule has 29 heavy (non-hydrogen) atoms. The van der Waals surface area contributed by atoms with Crippen molar-refractivity contribution in [2.45, 2.75) is 6.18 Å². The maximum absolute atomic E-state index is 12.9. The molecule has 2 rings (SSSR count). The predicted molar refractivity (Wildman–Crippen MR) is 99.9 cm³/mol. The molecule has 0 fully saturated rings. The predicted octanol–water partition coefficient (Wildman–Crippen LogP) is 2.38. The number of halogens is 5. The molecule has 1 aromatic heterocycles. The van der Waals surface area contributed by atoms with E-state index in [1.54, 1.807) is 0 Å². The Morgan fingerprint density at radius 2 is 1.59 bits per heavy atom. The van der Waals surface area contributed by atoms with Crippen LogP contribution in [0.3, 0.4) is 0 Å². The van der Waals surface area contributed by atoms with Crippen molar-refractivity contribution < 1.29 is 30.0 Å². The number of rotatable bonds is 4. The summed E-state index contributed by atoms with van der Waals surface area (Å²) in [7, 11) is -9.00. The molecule has 9 nitrogen and oxygen atoms in total. The van der Waals surface area contributed by atoms with Crippen molar-refractivity contribution in [3.63, 3.8) is 0 Å². The zero-order chi connectivity index (χ0) is 22.5. The fourth-order valence-electron chi connectivity index (χ4n) is 2.36. The number of alkyl halides is 3. The van der Waals surface area contributed by atoms with E-state index in [4.69, 9.17) is 28.9 Å². The maximum Gasteiger partial charge on any atom is 0.416 e. The molecule has 0 unspecified atom stereocenters. The van der Waals surface area contributed by atoms with E-state index in [2.05, 4.69) is 5.10 Å². The van der Waals surface area contributed by atoms with Gasteiger partial charge in [0.1, 0.15) is 17.4 Å². The highest BCUT2D eigenvalue weighted by Crippen LogP contribution is 2.40. The molecule has 0 aliphatic carbocycles.